The fourth-order valence-electron chi connectivity index (χ4n) is 2.06. The number of rotatable bonds is 5. The Morgan fingerprint density at radius 2 is 2.00 bits per heavy atom. The van der Waals surface area contributed by atoms with E-state index in [1.807, 2.05) is 3.69 Å². The van der Waals surface area contributed by atoms with Gasteiger partial charge in [-0.1, -0.05) is 0 Å². The van der Waals surface area contributed by atoms with Crippen molar-refractivity contribution in [1.29, 1.82) is 0 Å². The molecule has 124 valence electrons. The van der Waals surface area contributed by atoms with E-state index in [0.717, 1.165) is 3.57 Å². The molecule has 0 saturated carbocycles. The molecule has 3 aromatic rings. The molecule has 0 bridgehead atoms. The first-order valence-corrected chi connectivity index (χ1v) is 8.90. The van der Waals surface area contributed by atoms with E-state index in [1.165, 1.54) is 41.6 Å². The Morgan fingerprint density at radius 1 is 1.21 bits per heavy atom. The molecule has 1 amide bonds. The third-order valence-corrected chi connectivity index (χ3v) is 4.63. The zero-order valence-electron chi connectivity index (χ0n) is 12.1. The van der Waals surface area contributed by atoms with Gasteiger partial charge in [0.15, 0.2) is 0 Å². The van der Waals surface area contributed by atoms with E-state index in [0.29, 0.717) is 16.9 Å². The van der Waals surface area contributed by atoms with Crippen molar-refractivity contribution >= 4 is 11.6 Å². The second-order valence-corrected chi connectivity index (χ2v) is 6.86. The summed E-state index contributed by atoms with van der Waals surface area (Å²) in [5, 5.41) is 17.4. The average molecular weight is 439 g/mol. The number of halogens is 2. The van der Waals surface area contributed by atoms with Gasteiger partial charge in [0, 0.05) is 0 Å². The summed E-state index contributed by atoms with van der Waals surface area (Å²) in [6.45, 7) is 0. The van der Waals surface area contributed by atoms with Crippen molar-refractivity contribution < 1.29 is 30.7 Å². The van der Waals surface area contributed by atoms with Gasteiger partial charge in [-0.2, -0.15) is 0 Å². The van der Waals surface area contributed by atoms with Crippen LogP contribution in [0.1, 0.15) is 10.4 Å². The number of hydrogen-bond acceptors (Lipinski definition) is 5. The topological polar surface area (TPSA) is 94.9 Å². The van der Waals surface area contributed by atoms with Crippen LogP contribution in [-0.2, 0) is 0 Å². The fraction of sp³-hybridized carbons (Fsp3) is 0. The van der Waals surface area contributed by atoms with Crippen LogP contribution >= 0.6 is 0 Å². The number of hydrogen-bond donors (Lipinski definition) is 2. The Bertz CT molecular complexity index is 840. The molecule has 0 fully saturated rings. The molecule has 0 radical (unpaired) electrons. The summed E-state index contributed by atoms with van der Waals surface area (Å²) in [5.41, 5.74) is 1.34. The Balaban J connectivity index is 1.95. The molecule has 2 N–H and O–H groups in total. The van der Waals surface area contributed by atoms with E-state index in [-0.39, 0.29) is 11.7 Å². The molecule has 0 aliphatic carbocycles. The molecular formula is C15H11FIN5O2-2. The van der Waals surface area contributed by atoms with Crippen molar-refractivity contribution in [3.05, 3.63) is 75.3 Å². The van der Waals surface area contributed by atoms with Crippen LogP contribution in [0.5, 0.6) is 0 Å². The van der Waals surface area contributed by atoms with Gasteiger partial charge in [-0.25, -0.2) is 0 Å². The molecule has 1 heterocycles. The van der Waals surface area contributed by atoms with E-state index >= 15 is 0 Å². The van der Waals surface area contributed by atoms with Gasteiger partial charge in [0.2, 0.25) is 0 Å². The van der Waals surface area contributed by atoms with Crippen molar-refractivity contribution in [2.45, 2.75) is 0 Å². The van der Waals surface area contributed by atoms with Crippen molar-refractivity contribution in [3.63, 3.8) is 0 Å². The number of nitrogens with one attached hydrogen (secondary N) is 2. The minimum absolute atomic E-state index is 0.345. The van der Waals surface area contributed by atoms with E-state index in [1.54, 1.807) is 18.2 Å². The zero-order valence-corrected chi connectivity index (χ0v) is 14.3. The normalized spacial score (nSPS) is 10.8. The predicted octanol–water partition coefficient (Wildman–Crippen LogP) is -1.08. The van der Waals surface area contributed by atoms with E-state index < -0.39 is 21.5 Å². The molecule has 0 aliphatic heterocycles. The number of anilines is 1. The zero-order chi connectivity index (χ0) is 16.9. The Labute approximate surface area is 147 Å². The van der Waals surface area contributed by atoms with Crippen LogP contribution in [0.15, 0.2) is 55.1 Å². The maximum atomic E-state index is 13.0. The molecule has 7 nitrogen and oxygen atoms in total. The minimum atomic E-state index is -0.929. The van der Waals surface area contributed by atoms with Gasteiger partial charge < -0.3 is 0 Å². The maximum absolute atomic E-state index is 13.0. The van der Waals surface area contributed by atoms with Crippen molar-refractivity contribution in [1.82, 2.24) is 18.5 Å². The summed E-state index contributed by atoms with van der Waals surface area (Å²) < 4.78 is 17.1. The first kappa shape index (κ1) is 16.5. The van der Waals surface area contributed by atoms with E-state index in [9.17, 15) is 14.4 Å². The standard InChI is InChI=1S/C15H11FIN5O2/c16-10-1-4-12(5-2-10)20-15(23)13-7-11(17-21-24)3-6-14(13)22-9-18-8-19-22/h1-9,21H,(H,20,23)/q-2. The van der Waals surface area contributed by atoms with E-state index in [2.05, 4.69) is 15.4 Å². The van der Waals surface area contributed by atoms with Crippen LogP contribution in [0.4, 0.5) is 10.1 Å². The molecule has 3 rings (SSSR count). The number of aromatic nitrogens is 3. The second-order valence-electron chi connectivity index (χ2n) is 4.63. The van der Waals surface area contributed by atoms with Crippen LogP contribution in [-0.4, -0.2) is 20.7 Å². The summed E-state index contributed by atoms with van der Waals surface area (Å²) in [7, 11) is 0. The summed E-state index contributed by atoms with van der Waals surface area (Å²) in [6, 6.07) is 10.6. The van der Waals surface area contributed by atoms with Gasteiger partial charge >= 0.3 is 147 Å². The number of carbonyl (C=O) groups excluding carboxylic acids is 1. The predicted molar refractivity (Wildman–Crippen MR) is 80.9 cm³/mol. The van der Waals surface area contributed by atoms with Gasteiger partial charge in [0.05, 0.1) is 0 Å². The van der Waals surface area contributed by atoms with Gasteiger partial charge in [-0.05, 0) is 0 Å². The molecular weight excluding hydrogens is 428 g/mol. The molecule has 24 heavy (non-hydrogen) atoms. The van der Waals surface area contributed by atoms with Crippen LogP contribution in [0.3, 0.4) is 0 Å². The molecule has 1 aromatic heterocycles. The molecule has 0 saturated heterocycles. The van der Waals surface area contributed by atoms with Crippen LogP contribution in [0, 0.1) is 14.6 Å². The van der Waals surface area contributed by atoms with Crippen molar-refractivity contribution in [2.75, 3.05) is 5.32 Å². The monoisotopic (exact) mass is 439 g/mol. The van der Waals surface area contributed by atoms with Crippen molar-refractivity contribution in [2.24, 2.45) is 0 Å². The summed E-state index contributed by atoms with van der Waals surface area (Å²) in [5.74, 6) is -0.770. The van der Waals surface area contributed by atoms with Crippen LogP contribution < -0.4 is 30.5 Å². The average Bonchev–Trinajstić information content (AvgIpc) is 3.11. The first-order valence-electron chi connectivity index (χ1n) is 6.74. The first-order chi connectivity index (χ1) is 11.7. The number of carbonyl (C=O) groups is 1. The third kappa shape index (κ3) is 3.75. The van der Waals surface area contributed by atoms with Gasteiger partial charge in [0.25, 0.3) is 0 Å². The van der Waals surface area contributed by atoms with Gasteiger partial charge in [-0.3, -0.25) is 0 Å². The Hall–Kier alpha value is -2.37. The Kier molecular flexibility index (Phi) is 5.13. The van der Waals surface area contributed by atoms with Crippen LogP contribution in [0.25, 0.3) is 5.69 Å². The molecule has 2 aromatic carbocycles. The Morgan fingerprint density at radius 3 is 2.67 bits per heavy atom. The number of benzene rings is 2. The quantitative estimate of drug-likeness (QED) is 0.300. The molecule has 0 aliphatic rings. The molecule has 0 spiro atoms. The third-order valence-electron chi connectivity index (χ3n) is 3.12. The second kappa shape index (κ2) is 7.47. The summed E-state index contributed by atoms with van der Waals surface area (Å²) in [6.07, 6.45) is 2.84. The van der Waals surface area contributed by atoms with Crippen molar-refractivity contribution in [3.8, 4) is 5.69 Å². The number of nitrogens with zero attached hydrogens (tertiary/aromatic N) is 3. The van der Waals surface area contributed by atoms with Gasteiger partial charge in [-0.15, -0.1) is 0 Å². The molecule has 9 heteroatoms. The van der Waals surface area contributed by atoms with Crippen LogP contribution in [0.2, 0.25) is 0 Å². The summed E-state index contributed by atoms with van der Waals surface area (Å²) in [4.78, 5) is 16.5. The SMILES string of the molecule is O=C(Nc1ccc(F)cc1)c1cc([I-]N[O-])ccc1-n1cncn1. The summed E-state index contributed by atoms with van der Waals surface area (Å²) >= 11 is -0.929. The molecule has 0 unspecified atom stereocenters. The van der Waals surface area contributed by atoms with E-state index in [4.69, 9.17) is 0 Å². The number of amides is 1. The molecule has 0 atom stereocenters. The fourth-order valence-corrected chi connectivity index (χ4v) is 3.14. The van der Waals surface area contributed by atoms with Gasteiger partial charge in [0.1, 0.15) is 0 Å².